The smallest absolute Gasteiger partial charge is 0.316 e. The van der Waals surface area contributed by atoms with Gasteiger partial charge in [0.25, 0.3) is 0 Å². The van der Waals surface area contributed by atoms with Gasteiger partial charge in [0.2, 0.25) is 0 Å². The van der Waals surface area contributed by atoms with Crippen LogP contribution in [-0.4, -0.2) is 32.3 Å². The molecule has 6 nitrogen and oxygen atoms in total. The van der Waals surface area contributed by atoms with Gasteiger partial charge in [-0.3, -0.25) is 5.10 Å². The van der Waals surface area contributed by atoms with Gasteiger partial charge in [0.1, 0.15) is 5.69 Å². The molecule has 90 valence electrons. The van der Waals surface area contributed by atoms with E-state index in [1.165, 1.54) is 7.11 Å². The Morgan fingerprint density at radius 2 is 1.94 bits per heavy atom. The molecule has 0 radical (unpaired) electrons. The Labute approximate surface area is 111 Å². The van der Waals surface area contributed by atoms with Gasteiger partial charge < -0.3 is 4.74 Å². The summed E-state index contributed by atoms with van der Waals surface area (Å²) in [5.41, 5.74) is 2.30. The first-order valence-electron chi connectivity index (χ1n) is 5.14. The number of pyridine rings is 1. The highest BCUT2D eigenvalue weighted by Gasteiger charge is 2.10. The summed E-state index contributed by atoms with van der Waals surface area (Å²) >= 11 is 3.39. The van der Waals surface area contributed by atoms with E-state index in [0.717, 1.165) is 26.8 Å². The molecule has 0 spiro atoms. The van der Waals surface area contributed by atoms with Gasteiger partial charge in [-0.15, -0.1) is 0 Å². The van der Waals surface area contributed by atoms with Crippen molar-refractivity contribution in [1.29, 1.82) is 0 Å². The second-order valence-corrected chi connectivity index (χ2v) is 4.50. The van der Waals surface area contributed by atoms with Gasteiger partial charge in [-0.1, -0.05) is 0 Å². The molecule has 0 fully saturated rings. The third-order valence-electron chi connectivity index (χ3n) is 2.47. The molecule has 3 aromatic rings. The van der Waals surface area contributed by atoms with Gasteiger partial charge in [-0.2, -0.15) is 5.10 Å². The highest BCUT2D eigenvalue weighted by atomic mass is 79.9. The third-order valence-corrected chi connectivity index (χ3v) is 2.90. The Balaban J connectivity index is 2.15. The second kappa shape index (κ2) is 4.34. The number of hydrogen-bond donors (Lipinski definition) is 1. The molecule has 0 unspecified atom stereocenters. The number of aromatic nitrogens is 5. The van der Waals surface area contributed by atoms with E-state index in [1.807, 2.05) is 6.07 Å². The van der Waals surface area contributed by atoms with Gasteiger partial charge in [-0.25, -0.2) is 15.0 Å². The number of halogens is 1. The number of methoxy groups -OCH3 is 1. The average molecular weight is 306 g/mol. The van der Waals surface area contributed by atoms with E-state index in [1.54, 1.807) is 18.6 Å². The van der Waals surface area contributed by atoms with Crippen LogP contribution in [0.5, 0.6) is 6.01 Å². The molecule has 7 heteroatoms. The number of fused-ring (bicyclic) bond motifs is 1. The lowest BCUT2D eigenvalue weighted by molar-refractivity contribution is 0.380. The maximum absolute atomic E-state index is 4.92. The first kappa shape index (κ1) is 11.1. The quantitative estimate of drug-likeness (QED) is 0.785. The summed E-state index contributed by atoms with van der Waals surface area (Å²) < 4.78 is 5.82. The van der Waals surface area contributed by atoms with E-state index < -0.39 is 0 Å². The molecular weight excluding hydrogens is 298 g/mol. The van der Waals surface area contributed by atoms with Crippen LogP contribution < -0.4 is 4.74 Å². The number of aromatic amines is 1. The molecule has 3 heterocycles. The first-order chi connectivity index (χ1) is 8.78. The van der Waals surface area contributed by atoms with Gasteiger partial charge >= 0.3 is 6.01 Å². The first-order valence-corrected chi connectivity index (χ1v) is 5.93. The van der Waals surface area contributed by atoms with Crippen LogP contribution in [0.4, 0.5) is 0 Å². The second-order valence-electron chi connectivity index (χ2n) is 3.58. The summed E-state index contributed by atoms with van der Waals surface area (Å²) in [6.45, 7) is 0. The summed E-state index contributed by atoms with van der Waals surface area (Å²) in [5, 5.41) is 8.02. The maximum atomic E-state index is 4.92. The summed E-state index contributed by atoms with van der Waals surface area (Å²) in [7, 11) is 1.53. The molecule has 0 aliphatic heterocycles. The van der Waals surface area contributed by atoms with Crippen LogP contribution in [0.25, 0.3) is 22.3 Å². The minimum Gasteiger partial charge on any atom is -0.467 e. The summed E-state index contributed by atoms with van der Waals surface area (Å²) in [6.07, 6.45) is 5.06. The van der Waals surface area contributed by atoms with Gasteiger partial charge in [0.05, 0.1) is 7.11 Å². The van der Waals surface area contributed by atoms with Crippen molar-refractivity contribution in [1.82, 2.24) is 25.1 Å². The molecule has 0 saturated heterocycles. The highest BCUT2D eigenvalue weighted by molar-refractivity contribution is 9.10. The number of ether oxygens (including phenoxy) is 1. The van der Waals surface area contributed by atoms with E-state index in [9.17, 15) is 0 Å². The molecule has 0 atom stereocenters. The zero-order valence-corrected chi connectivity index (χ0v) is 11.0. The Hall–Kier alpha value is -2.02. The molecule has 18 heavy (non-hydrogen) atoms. The average Bonchev–Trinajstić information content (AvgIpc) is 2.82. The molecule has 0 aliphatic rings. The molecule has 0 amide bonds. The van der Waals surface area contributed by atoms with E-state index in [0.29, 0.717) is 6.01 Å². The molecule has 1 N–H and O–H groups in total. The highest BCUT2D eigenvalue weighted by Crippen LogP contribution is 2.26. The van der Waals surface area contributed by atoms with Crippen LogP contribution in [0.15, 0.2) is 29.1 Å². The van der Waals surface area contributed by atoms with Crippen LogP contribution in [0.1, 0.15) is 0 Å². The monoisotopic (exact) mass is 305 g/mol. The number of H-pyrrole nitrogens is 1. The van der Waals surface area contributed by atoms with Crippen LogP contribution in [0, 0.1) is 0 Å². The van der Waals surface area contributed by atoms with E-state index in [-0.39, 0.29) is 0 Å². The minimum absolute atomic E-state index is 0.331. The largest absolute Gasteiger partial charge is 0.467 e. The molecule has 3 aromatic heterocycles. The van der Waals surface area contributed by atoms with Crippen molar-refractivity contribution in [2.45, 2.75) is 0 Å². The van der Waals surface area contributed by atoms with Crippen molar-refractivity contribution in [2.75, 3.05) is 7.11 Å². The topological polar surface area (TPSA) is 76.6 Å². The molecule has 0 aromatic carbocycles. The Morgan fingerprint density at radius 1 is 1.17 bits per heavy atom. The molecule has 3 rings (SSSR count). The van der Waals surface area contributed by atoms with Crippen molar-refractivity contribution < 1.29 is 4.74 Å². The number of nitrogens with zero attached hydrogens (tertiary/aromatic N) is 4. The van der Waals surface area contributed by atoms with Gasteiger partial charge in [-0.05, 0) is 22.0 Å². The number of nitrogens with one attached hydrogen (secondary N) is 1. The van der Waals surface area contributed by atoms with E-state index >= 15 is 0 Å². The van der Waals surface area contributed by atoms with Crippen molar-refractivity contribution in [3.8, 4) is 17.3 Å². The van der Waals surface area contributed by atoms with Crippen molar-refractivity contribution in [3.63, 3.8) is 0 Å². The van der Waals surface area contributed by atoms with Gasteiger partial charge in [0, 0.05) is 34.0 Å². The zero-order chi connectivity index (χ0) is 12.5. The summed E-state index contributed by atoms with van der Waals surface area (Å²) in [4.78, 5) is 12.4. The zero-order valence-electron chi connectivity index (χ0n) is 9.38. The lowest BCUT2D eigenvalue weighted by Crippen LogP contribution is -1.91. The molecule has 0 aliphatic carbocycles. The lowest BCUT2D eigenvalue weighted by Gasteiger charge is -1.99. The lowest BCUT2D eigenvalue weighted by atomic mass is 10.2. The Morgan fingerprint density at radius 3 is 2.67 bits per heavy atom. The fourth-order valence-corrected chi connectivity index (χ4v) is 1.97. The SMILES string of the molecule is COc1ncc(-c2n[nH]c3ncc(Br)cc23)cn1. The maximum Gasteiger partial charge on any atom is 0.316 e. The molecular formula is C11H8BrN5O. The number of rotatable bonds is 2. The van der Waals surface area contributed by atoms with Crippen LogP contribution >= 0.6 is 15.9 Å². The predicted molar refractivity (Wildman–Crippen MR) is 69.2 cm³/mol. The molecule has 0 bridgehead atoms. The minimum atomic E-state index is 0.331. The Kier molecular flexibility index (Phi) is 2.67. The third kappa shape index (κ3) is 1.82. The van der Waals surface area contributed by atoms with Crippen LogP contribution in [0.2, 0.25) is 0 Å². The predicted octanol–water partition coefficient (Wildman–Crippen LogP) is 2.19. The fraction of sp³-hybridized carbons (Fsp3) is 0.0909. The normalized spacial score (nSPS) is 10.8. The van der Waals surface area contributed by atoms with Crippen molar-refractivity contribution >= 4 is 27.0 Å². The number of hydrogen-bond acceptors (Lipinski definition) is 5. The van der Waals surface area contributed by atoms with Crippen molar-refractivity contribution in [2.24, 2.45) is 0 Å². The Bertz CT molecular complexity index is 694. The van der Waals surface area contributed by atoms with Crippen LogP contribution in [0.3, 0.4) is 0 Å². The molecule has 0 saturated carbocycles. The van der Waals surface area contributed by atoms with E-state index in [2.05, 4.69) is 41.1 Å². The van der Waals surface area contributed by atoms with Gasteiger partial charge in [0.15, 0.2) is 5.65 Å². The van der Waals surface area contributed by atoms with E-state index in [4.69, 9.17) is 4.74 Å². The fourth-order valence-electron chi connectivity index (χ4n) is 1.64. The summed E-state index contributed by atoms with van der Waals surface area (Å²) in [5.74, 6) is 0. The van der Waals surface area contributed by atoms with Crippen molar-refractivity contribution in [3.05, 3.63) is 29.1 Å². The standard InChI is InChI=1S/C11H8BrN5O/c1-18-11-14-3-6(4-15-11)9-8-2-7(12)5-13-10(8)17-16-9/h2-5H,1H3,(H,13,16,17). The van der Waals surface area contributed by atoms with Crippen LogP contribution in [-0.2, 0) is 0 Å². The summed E-state index contributed by atoms with van der Waals surface area (Å²) in [6, 6.07) is 2.28.